The van der Waals surface area contributed by atoms with E-state index < -0.39 is 30.3 Å². The molecule has 3 aromatic carbocycles. The van der Waals surface area contributed by atoms with Gasteiger partial charge in [0.15, 0.2) is 0 Å². The molecule has 0 saturated heterocycles. The van der Waals surface area contributed by atoms with E-state index in [0.717, 1.165) is 12.1 Å². The van der Waals surface area contributed by atoms with E-state index in [2.05, 4.69) is 11.3 Å². The zero-order chi connectivity index (χ0) is 21.4. The standard InChI is InChI=1S/C19H18N2O6S2.Na.H/c1-2-19(13-8-12-9-14(20)6-7-17(12)18(22)10-13)28(23,24)21-15-4-3-5-16(11-15)29(25,26)27;;/h2-11,19,21-22H,1,20H2,(H,25,26,27);;/q;+1;-1. The van der Waals surface area contributed by atoms with Gasteiger partial charge in [0.25, 0.3) is 10.1 Å². The van der Waals surface area contributed by atoms with Gasteiger partial charge in [0.2, 0.25) is 10.0 Å². The van der Waals surface area contributed by atoms with Crippen LogP contribution in [0.4, 0.5) is 11.4 Å². The molecule has 0 fully saturated rings. The molecule has 0 aliphatic rings. The summed E-state index contributed by atoms with van der Waals surface area (Å²) in [6.07, 6.45) is 1.18. The summed E-state index contributed by atoms with van der Waals surface area (Å²) in [7, 11) is -8.62. The van der Waals surface area contributed by atoms with E-state index >= 15 is 0 Å². The molecule has 30 heavy (non-hydrogen) atoms. The molecule has 0 aliphatic heterocycles. The van der Waals surface area contributed by atoms with E-state index in [4.69, 9.17) is 10.3 Å². The van der Waals surface area contributed by atoms with Crippen molar-refractivity contribution in [2.75, 3.05) is 10.5 Å². The Morgan fingerprint density at radius 3 is 2.40 bits per heavy atom. The first kappa shape index (κ1) is 24.2. The third-order valence-electron chi connectivity index (χ3n) is 4.25. The number of hydrogen-bond donors (Lipinski definition) is 4. The normalized spacial score (nSPS) is 12.7. The van der Waals surface area contributed by atoms with Crippen LogP contribution in [0.5, 0.6) is 5.75 Å². The van der Waals surface area contributed by atoms with Gasteiger partial charge < -0.3 is 12.3 Å². The molecule has 3 aromatic rings. The van der Waals surface area contributed by atoms with Crippen molar-refractivity contribution in [2.24, 2.45) is 0 Å². The van der Waals surface area contributed by atoms with Crippen molar-refractivity contribution in [1.29, 1.82) is 0 Å². The molecule has 0 spiro atoms. The van der Waals surface area contributed by atoms with Crippen LogP contribution in [0.2, 0.25) is 0 Å². The fraction of sp³-hybridized carbons (Fsp3) is 0.0526. The Kier molecular flexibility index (Phi) is 7.23. The quantitative estimate of drug-likeness (QED) is 0.178. The fourth-order valence-corrected chi connectivity index (χ4v) is 4.80. The van der Waals surface area contributed by atoms with Gasteiger partial charge in [-0.2, -0.15) is 8.42 Å². The number of aromatic hydroxyl groups is 1. The van der Waals surface area contributed by atoms with Gasteiger partial charge in [-0.3, -0.25) is 9.27 Å². The molecule has 11 heteroatoms. The average Bonchev–Trinajstić information content (AvgIpc) is 2.60. The summed E-state index contributed by atoms with van der Waals surface area (Å²) < 4.78 is 59.8. The Hall–Kier alpha value is -2.08. The zero-order valence-corrected chi connectivity index (χ0v) is 19.6. The first-order valence-corrected chi connectivity index (χ1v) is 11.2. The SMILES string of the molecule is C=CC(c1cc(O)c2ccc(N)cc2c1)S(=O)(=O)Nc1cccc(S(=O)(=O)O)c1.[H-].[Na+]. The number of nitrogens with one attached hydrogen (secondary N) is 1. The molecule has 0 radical (unpaired) electrons. The van der Waals surface area contributed by atoms with Crippen LogP contribution in [-0.4, -0.2) is 26.5 Å². The summed E-state index contributed by atoms with van der Waals surface area (Å²) in [5, 5.41) is 10.1. The molecule has 0 heterocycles. The van der Waals surface area contributed by atoms with Gasteiger partial charge >= 0.3 is 29.6 Å². The van der Waals surface area contributed by atoms with E-state index in [9.17, 15) is 21.9 Å². The fourth-order valence-electron chi connectivity index (χ4n) is 2.94. The van der Waals surface area contributed by atoms with E-state index in [-0.39, 0.29) is 48.0 Å². The maximum atomic E-state index is 12.9. The number of anilines is 2. The smallest absolute Gasteiger partial charge is 1.00 e. The number of nitrogens with two attached hydrogens (primary N) is 1. The Morgan fingerprint density at radius 2 is 1.77 bits per heavy atom. The summed E-state index contributed by atoms with van der Waals surface area (Å²) in [5.41, 5.74) is 6.41. The van der Waals surface area contributed by atoms with Crippen molar-refractivity contribution in [2.45, 2.75) is 10.1 Å². The van der Waals surface area contributed by atoms with Crippen LogP contribution in [0.3, 0.4) is 0 Å². The third-order valence-corrected chi connectivity index (χ3v) is 6.75. The maximum absolute atomic E-state index is 12.9. The second kappa shape index (κ2) is 8.96. The van der Waals surface area contributed by atoms with Crippen molar-refractivity contribution in [3.05, 3.63) is 72.8 Å². The van der Waals surface area contributed by atoms with Crippen LogP contribution in [0.1, 0.15) is 12.2 Å². The molecule has 0 amide bonds. The van der Waals surface area contributed by atoms with Crippen molar-refractivity contribution < 1.29 is 57.5 Å². The third kappa shape index (κ3) is 5.15. The van der Waals surface area contributed by atoms with Gasteiger partial charge in [-0.1, -0.05) is 12.1 Å². The molecule has 8 nitrogen and oxygen atoms in total. The topological polar surface area (TPSA) is 147 Å². The van der Waals surface area contributed by atoms with Gasteiger partial charge in [-0.05, 0) is 59.5 Å². The monoisotopic (exact) mass is 458 g/mol. The van der Waals surface area contributed by atoms with Crippen molar-refractivity contribution in [3.63, 3.8) is 0 Å². The molecular weight excluding hydrogens is 439 g/mol. The number of phenolic OH excluding ortho intramolecular Hbond substituents is 1. The molecule has 0 aliphatic carbocycles. The molecule has 5 N–H and O–H groups in total. The summed E-state index contributed by atoms with van der Waals surface area (Å²) in [6.45, 7) is 3.57. The number of nitrogen functional groups attached to an aromatic ring is 1. The van der Waals surface area contributed by atoms with E-state index in [0.29, 0.717) is 16.5 Å². The summed E-state index contributed by atoms with van der Waals surface area (Å²) in [6, 6.07) is 12.5. The molecule has 0 aromatic heterocycles. The van der Waals surface area contributed by atoms with Gasteiger partial charge in [-0.25, -0.2) is 8.42 Å². The Morgan fingerprint density at radius 1 is 1.07 bits per heavy atom. The molecular formula is C19H19N2NaO6S2. The average molecular weight is 458 g/mol. The van der Waals surface area contributed by atoms with Gasteiger partial charge in [0.05, 0.1) is 4.90 Å². The number of sulfonamides is 1. The first-order chi connectivity index (χ1) is 13.5. The second-order valence-electron chi connectivity index (χ2n) is 6.33. The van der Waals surface area contributed by atoms with Crippen LogP contribution < -0.4 is 40.0 Å². The van der Waals surface area contributed by atoms with E-state index in [1.54, 1.807) is 24.3 Å². The van der Waals surface area contributed by atoms with Crippen molar-refractivity contribution >= 4 is 42.3 Å². The Bertz CT molecular complexity index is 1330. The van der Waals surface area contributed by atoms with Gasteiger partial charge in [-0.15, -0.1) is 6.58 Å². The molecule has 3 rings (SSSR count). The minimum Gasteiger partial charge on any atom is -1.00 e. The second-order valence-corrected chi connectivity index (χ2v) is 9.55. The van der Waals surface area contributed by atoms with Crippen LogP contribution in [-0.2, 0) is 20.1 Å². The number of fused-ring (bicyclic) bond motifs is 1. The van der Waals surface area contributed by atoms with Crippen molar-refractivity contribution in [3.8, 4) is 5.75 Å². The van der Waals surface area contributed by atoms with Crippen LogP contribution in [0.15, 0.2) is 72.1 Å². The minimum absolute atomic E-state index is 0. The molecule has 0 saturated carbocycles. The van der Waals surface area contributed by atoms with Crippen LogP contribution >= 0.6 is 0 Å². The summed E-state index contributed by atoms with van der Waals surface area (Å²) in [5.74, 6) is -0.118. The largest absolute Gasteiger partial charge is 1.00 e. The summed E-state index contributed by atoms with van der Waals surface area (Å²) >= 11 is 0. The molecule has 1 atom stereocenters. The van der Waals surface area contributed by atoms with Gasteiger partial charge in [0, 0.05) is 16.8 Å². The maximum Gasteiger partial charge on any atom is 1.00 e. The van der Waals surface area contributed by atoms with Crippen molar-refractivity contribution in [1.82, 2.24) is 0 Å². The molecule has 154 valence electrons. The first-order valence-electron chi connectivity index (χ1n) is 8.25. The predicted molar refractivity (Wildman–Crippen MR) is 113 cm³/mol. The van der Waals surface area contributed by atoms with E-state index in [1.807, 2.05) is 0 Å². The zero-order valence-electron chi connectivity index (χ0n) is 17.0. The number of phenols is 1. The van der Waals surface area contributed by atoms with Crippen LogP contribution in [0.25, 0.3) is 10.8 Å². The Balaban J connectivity index is 0.00000240. The minimum atomic E-state index is -4.49. The Labute approximate surface area is 198 Å². The number of rotatable bonds is 6. The molecule has 0 bridgehead atoms. The predicted octanol–water partition coefficient (Wildman–Crippen LogP) is 0.160. The molecule has 1 unspecified atom stereocenters. The summed E-state index contributed by atoms with van der Waals surface area (Å²) in [4.78, 5) is -0.452. The number of hydrogen-bond acceptors (Lipinski definition) is 6. The van der Waals surface area contributed by atoms with Gasteiger partial charge in [0.1, 0.15) is 11.0 Å². The van der Waals surface area contributed by atoms with E-state index in [1.165, 1.54) is 24.3 Å². The van der Waals surface area contributed by atoms with Crippen LogP contribution in [0, 0.1) is 0 Å². The number of benzene rings is 3.